The van der Waals surface area contributed by atoms with E-state index in [-0.39, 0.29) is 0 Å². The van der Waals surface area contributed by atoms with E-state index in [1.165, 1.54) is 5.56 Å². The number of nitrogens with one attached hydrogen (secondary N) is 1. The van der Waals surface area contributed by atoms with E-state index in [1.807, 2.05) is 30.5 Å². The first-order valence-electron chi connectivity index (χ1n) is 9.71. The molecule has 0 saturated carbocycles. The molecule has 0 fully saturated rings. The predicted molar refractivity (Wildman–Crippen MR) is 117 cm³/mol. The molecular weight excluding hydrogens is 360 g/mol. The van der Waals surface area contributed by atoms with Crippen molar-refractivity contribution in [1.29, 1.82) is 0 Å². The van der Waals surface area contributed by atoms with Gasteiger partial charge in [-0.1, -0.05) is 36.4 Å². The Bertz CT molecular complexity index is 1120. The highest BCUT2D eigenvalue weighted by molar-refractivity contribution is 5.92. The van der Waals surface area contributed by atoms with Gasteiger partial charge in [0, 0.05) is 35.5 Å². The summed E-state index contributed by atoms with van der Waals surface area (Å²) in [6, 6.07) is 18.4. The lowest BCUT2D eigenvalue weighted by Gasteiger charge is -2.18. The van der Waals surface area contributed by atoms with Gasteiger partial charge in [0.2, 0.25) is 0 Å². The van der Waals surface area contributed by atoms with E-state index in [4.69, 9.17) is 0 Å². The zero-order valence-electron chi connectivity index (χ0n) is 16.6. The van der Waals surface area contributed by atoms with Crippen LogP contribution in [0.5, 0.6) is 0 Å². The molecule has 146 valence electrons. The minimum atomic E-state index is -0.937. The van der Waals surface area contributed by atoms with Gasteiger partial charge in [0.15, 0.2) is 0 Å². The molecule has 0 aliphatic heterocycles. The molecule has 0 aliphatic carbocycles. The number of fused-ring (bicyclic) bond motifs is 1. The first-order valence-corrected chi connectivity index (χ1v) is 9.71. The van der Waals surface area contributed by atoms with Crippen molar-refractivity contribution in [3.8, 4) is 11.1 Å². The first kappa shape index (κ1) is 19.0. The Labute approximate surface area is 170 Å². The van der Waals surface area contributed by atoms with Crippen LogP contribution in [0.25, 0.3) is 22.0 Å². The summed E-state index contributed by atoms with van der Waals surface area (Å²) in [4.78, 5) is 13.2. The fraction of sp³-hybridized carbons (Fsp3) is 0.208. The van der Waals surface area contributed by atoms with Gasteiger partial charge in [-0.3, -0.25) is 4.98 Å². The van der Waals surface area contributed by atoms with Gasteiger partial charge in [-0.2, -0.15) is 0 Å². The lowest BCUT2D eigenvalue weighted by atomic mass is 9.96. The maximum atomic E-state index is 10.3. The van der Waals surface area contributed by atoms with Crippen LogP contribution >= 0.6 is 0 Å². The summed E-state index contributed by atoms with van der Waals surface area (Å²) in [6.07, 6.45) is 6.01. The van der Waals surface area contributed by atoms with Crippen molar-refractivity contribution >= 4 is 16.7 Å². The van der Waals surface area contributed by atoms with Gasteiger partial charge in [0.1, 0.15) is 12.1 Å². The summed E-state index contributed by atoms with van der Waals surface area (Å²) in [6.45, 7) is 4.31. The van der Waals surface area contributed by atoms with E-state index in [1.54, 1.807) is 26.4 Å². The van der Waals surface area contributed by atoms with Gasteiger partial charge in [-0.25, -0.2) is 9.97 Å². The highest BCUT2D eigenvalue weighted by atomic mass is 16.3. The highest BCUT2D eigenvalue weighted by Gasteiger charge is 2.17. The summed E-state index contributed by atoms with van der Waals surface area (Å²) < 4.78 is 0. The van der Waals surface area contributed by atoms with E-state index in [0.29, 0.717) is 0 Å². The monoisotopic (exact) mass is 384 g/mol. The quantitative estimate of drug-likeness (QED) is 0.509. The number of anilines is 1. The lowest BCUT2D eigenvalue weighted by Crippen LogP contribution is -2.15. The van der Waals surface area contributed by atoms with E-state index >= 15 is 0 Å². The average Bonchev–Trinajstić information content (AvgIpc) is 2.74. The van der Waals surface area contributed by atoms with Crippen LogP contribution in [0.1, 0.15) is 25.0 Å². The van der Waals surface area contributed by atoms with Crippen molar-refractivity contribution < 1.29 is 5.11 Å². The maximum Gasteiger partial charge on any atom is 0.137 e. The molecular formula is C24H24N4O. The number of hydrogen-bond donors (Lipinski definition) is 2. The number of hydrogen-bond acceptors (Lipinski definition) is 5. The maximum absolute atomic E-state index is 10.3. The van der Waals surface area contributed by atoms with Gasteiger partial charge >= 0.3 is 0 Å². The van der Waals surface area contributed by atoms with Gasteiger partial charge in [0.25, 0.3) is 0 Å². The number of rotatable bonds is 6. The fourth-order valence-corrected chi connectivity index (χ4v) is 3.28. The molecule has 2 aromatic carbocycles. The van der Waals surface area contributed by atoms with E-state index in [2.05, 4.69) is 50.6 Å². The lowest BCUT2D eigenvalue weighted by molar-refractivity contribution is 0.0783. The molecule has 2 aromatic heterocycles. The highest BCUT2D eigenvalue weighted by Crippen LogP contribution is 2.29. The SMILES string of the molecule is CC(C)(O)c1cncc(-c2ccc3ncnc(NCCc4ccccc4)c3c2)c1. The van der Waals surface area contributed by atoms with Gasteiger partial charge in [-0.05, 0) is 49.6 Å². The van der Waals surface area contributed by atoms with Crippen LogP contribution < -0.4 is 5.32 Å². The molecule has 0 aliphatic rings. The summed E-state index contributed by atoms with van der Waals surface area (Å²) >= 11 is 0. The number of aliphatic hydroxyl groups is 1. The van der Waals surface area contributed by atoms with Crippen LogP contribution in [0.2, 0.25) is 0 Å². The zero-order chi connectivity index (χ0) is 20.3. The van der Waals surface area contributed by atoms with Gasteiger partial charge < -0.3 is 10.4 Å². The van der Waals surface area contributed by atoms with E-state index in [9.17, 15) is 5.11 Å². The molecule has 4 rings (SSSR count). The summed E-state index contributed by atoms with van der Waals surface area (Å²) in [7, 11) is 0. The van der Waals surface area contributed by atoms with Crippen molar-refractivity contribution in [3.63, 3.8) is 0 Å². The standard InChI is InChI=1S/C24H24N4O/c1-24(2,29)20-12-19(14-25-15-20)18-8-9-22-21(13-18)23(28-16-27-22)26-11-10-17-6-4-3-5-7-17/h3-9,12-16,29H,10-11H2,1-2H3,(H,26,27,28). The van der Waals surface area contributed by atoms with Gasteiger partial charge in [0.05, 0.1) is 11.1 Å². The van der Waals surface area contributed by atoms with Crippen molar-refractivity contribution in [1.82, 2.24) is 15.0 Å². The van der Waals surface area contributed by atoms with Crippen molar-refractivity contribution in [2.45, 2.75) is 25.9 Å². The molecule has 0 spiro atoms. The molecule has 0 unspecified atom stereocenters. The molecule has 2 N–H and O–H groups in total. The zero-order valence-corrected chi connectivity index (χ0v) is 16.6. The number of benzene rings is 2. The minimum absolute atomic E-state index is 0.778. The second-order valence-electron chi connectivity index (χ2n) is 7.64. The smallest absolute Gasteiger partial charge is 0.137 e. The molecule has 0 amide bonds. The Morgan fingerprint density at radius 3 is 2.55 bits per heavy atom. The molecule has 0 bridgehead atoms. The first-order chi connectivity index (χ1) is 14.0. The average molecular weight is 384 g/mol. The van der Waals surface area contributed by atoms with E-state index in [0.717, 1.165) is 46.4 Å². The minimum Gasteiger partial charge on any atom is -0.386 e. The van der Waals surface area contributed by atoms with Crippen molar-refractivity contribution in [3.05, 3.63) is 84.4 Å². The molecule has 2 heterocycles. The summed E-state index contributed by atoms with van der Waals surface area (Å²) in [5, 5.41) is 14.7. The summed E-state index contributed by atoms with van der Waals surface area (Å²) in [5.41, 5.74) is 3.97. The molecule has 0 atom stereocenters. The molecule has 0 radical (unpaired) electrons. The largest absolute Gasteiger partial charge is 0.386 e. The summed E-state index contributed by atoms with van der Waals surface area (Å²) in [5.74, 6) is 0.819. The van der Waals surface area contributed by atoms with Crippen LogP contribution in [-0.2, 0) is 12.0 Å². The second kappa shape index (κ2) is 7.97. The Morgan fingerprint density at radius 1 is 0.931 bits per heavy atom. The molecule has 5 heteroatoms. The van der Waals surface area contributed by atoms with Crippen LogP contribution in [0.15, 0.2) is 73.3 Å². The van der Waals surface area contributed by atoms with Crippen LogP contribution in [0.3, 0.4) is 0 Å². The molecule has 5 nitrogen and oxygen atoms in total. The number of aromatic nitrogens is 3. The van der Waals surface area contributed by atoms with Crippen LogP contribution in [0.4, 0.5) is 5.82 Å². The number of nitrogens with zero attached hydrogens (tertiary/aromatic N) is 3. The Kier molecular flexibility index (Phi) is 5.23. The fourth-order valence-electron chi connectivity index (χ4n) is 3.28. The molecule has 4 aromatic rings. The van der Waals surface area contributed by atoms with Crippen LogP contribution in [0, 0.1) is 0 Å². The topological polar surface area (TPSA) is 70.9 Å². The van der Waals surface area contributed by atoms with E-state index < -0.39 is 5.60 Å². The second-order valence-corrected chi connectivity index (χ2v) is 7.64. The third-order valence-corrected chi connectivity index (χ3v) is 4.96. The van der Waals surface area contributed by atoms with Gasteiger partial charge in [-0.15, -0.1) is 0 Å². The molecule has 0 saturated heterocycles. The van der Waals surface area contributed by atoms with Crippen molar-refractivity contribution in [2.24, 2.45) is 0 Å². The van der Waals surface area contributed by atoms with Crippen LogP contribution in [-0.4, -0.2) is 26.6 Å². The third-order valence-electron chi connectivity index (χ3n) is 4.96. The Hall–Kier alpha value is -3.31. The number of pyridine rings is 1. The van der Waals surface area contributed by atoms with Crippen molar-refractivity contribution in [2.75, 3.05) is 11.9 Å². The molecule has 29 heavy (non-hydrogen) atoms. The third kappa shape index (κ3) is 4.41. The Balaban J connectivity index is 1.62. The Morgan fingerprint density at radius 2 is 1.76 bits per heavy atom. The predicted octanol–water partition coefficient (Wildman–Crippen LogP) is 4.57. The normalized spacial score (nSPS) is 11.6.